The Morgan fingerprint density at radius 1 is 0.459 bits per heavy atom. The van der Waals surface area contributed by atoms with Crippen LogP contribution in [0.5, 0.6) is 0 Å². The molecule has 1 amide bonds. The number of rotatable bonds is 50. The van der Waals surface area contributed by atoms with Crippen molar-refractivity contribution in [2.45, 2.75) is 302 Å². The van der Waals surface area contributed by atoms with Crippen LogP contribution in [0.1, 0.15) is 290 Å². The van der Waals surface area contributed by atoms with Crippen LogP contribution in [0.25, 0.3) is 0 Å². The van der Waals surface area contributed by atoms with Gasteiger partial charge in [-0.05, 0) is 51.4 Å². The Morgan fingerprint density at radius 2 is 0.836 bits per heavy atom. The number of carbonyl (C=O) groups is 2. The third kappa shape index (κ3) is 47.7. The van der Waals surface area contributed by atoms with E-state index < -0.39 is 12.1 Å². The van der Waals surface area contributed by atoms with Gasteiger partial charge in [0.1, 0.15) is 0 Å². The number of ether oxygens (including phenoxy) is 1. The Morgan fingerprint density at radius 3 is 1.30 bits per heavy atom. The van der Waals surface area contributed by atoms with Crippen LogP contribution in [0, 0.1) is 0 Å². The lowest BCUT2D eigenvalue weighted by Crippen LogP contribution is -2.45. The molecule has 0 fully saturated rings. The molecule has 0 saturated heterocycles. The number of hydrogen-bond acceptors (Lipinski definition) is 5. The van der Waals surface area contributed by atoms with E-state index in [1.165, 1.54) is 205 Å². The van der Waals surface area contributed by atoms with Crippen molar-refractivity contribution in [1.29, 1.82) is 0 Å². The molecule has 0 aliphatic heterocycles. The van der Waals surface area contributed by atoms with Crippen LogP contribution in [-0.4, -0.2) is 47.4 Å². The van der Waals surface area contributed by atoms with Gasteiger partial charge in [0.25, 0.3) is 0 Å². The fourth-order valence-corrected chi connectivity index (χ4v) is 8.30. The minimum Gasteiger partial charge on any atom is -0.466 e. The molecular formula is C55H105NO5. The molecule has 0 aliphatic carbocycles. The van der Waals surface area contributed by atoms with Crippen LogP contribution in [0.2, 0.25) is 0 Å². The first-order valence-corrected chi connectivity index (χ1v) is 27.1. The summed E-state index contributed by atoms with van der Waals surface area (Å²) in [5.74, 6) is -0.0471. The molecule has 6 nitrogen and oxygen atoms in total. The number of aliphatic hydroxyl groups is 2. The summed E-state index contributed by atoms with van der Waals surface area (Å²) in [7, 11) is 0. The van der Waals surface area contributed by atoms with Gasteiger partial charge < -0.3 is 20.3 Å². The van der Waals surface area contributed by atoms with Crippen molar-refractivity contribution in [1.82, 2.24) is 5.32 Å². The number of hydrogen-bond donors (Lipinski definition) is 3. The molecule has 0 rings (SSSR count). The second-order valence-electron chi connectivity index (χ2n) is 18.6. The van der Waals surface area contributed by atoms with E-state index in [0.717, 1.165) is 51.4 Å². The molecule has 0 aromatic heterocycles. The lowest BCUT2D eigenvalue weighted by Gasteiger charge is -2.22. The number of allylic oxidation sites excluding steroid dienone is 4. The predicted molar refractivity (Wildman–Crippen MR) is 264 cm³/mol. The average Bonchev–Trinajstić information content (AvgIpc) is 3.26. The number of aliphatic hydroxyl groups excluding tert-OH is 2. The molecule has 3 N–H and O–H groups in total. The van der Waals surface area contributed by atoms with Crippen molar-refractivity contribution < 1.29 is 24.5 Å². The number of carbonyl (C=O) groups excluding carboxylic acids is 2. The number of amides is 1. The molecule has 0 saturated carbocycles. The highest BCUT2D eigenvalue weighted by atomic mass is 16.5. The molecule has 6 heteroatoms. The van der Waals surface area contributed by atoms with Crippen LogP contribution in [0.15, 0.2) is 24.3 Å². The van der Waals surface area contributed by atoms with E-state index in [9.17, 15) is 19.8 Å². The molecule has 0 aliphatic rings. The quantitative estimate of drug-likeness (QED) is 0.0322. The second kappa shape index (κ2) is 51.0. The second-order valence-corrected chi connectivity index (χ2v) is 18.6. The zero-order chi connectivity index (χ0) is 44.4. The van der Waals surface area contributed by atoms with Gasteiger partial charge in [0.15, 0.2) is 0 Å². The molecule has 0 radical (unpaired) electrons. The van der Waals surface area contributed by atoms with Crippen molar-refractivity contribution in [2.24, 2.45) is 0 Å². The maximum absolute atomic E-state index is 12.4. The van der Waals surface area contributed by atoms with E-state index in [1.807, 2.05) is 0 Å². The Bertz CT molecular complexity index is 951. The Kier molecular flexibility index (Phi) is 49.6. The third-order valence-electron chi connectivity index (χ3n) is 12.5. The van der Waals surface area contributed by atoms with Gasteiger partial charge in [-0.15, -0.1) is 0 Å². The first-order chi connectivity index (χ1) is 30.0. The smallest absolute Gasteiger partial charge is 0.305 e. The average molecular weight is 860 g/mol. The minimum absolute atomic E-state index is 0.00741. The SMILES string of the molecule is CCCC/C=C\C/C=C\CCCCCCCC(=O)OCCCCCCCCCCCCCCCCCCCCC(=O)NC(CO)C(O)CCCCCCCCCCCCCC. The van der Waals surface area contributed by atoms with E-state index in [0.29, 0.717) is 25.9 Å². The van der Waals surface area contributed by atoms with Gasteiger partial charge in [0.05, 0.1) is 25.4 Å². The standard InChI is InChI=1S/C55H105NO5/c1-3-5-7-9-11-13-15-17-25-29-33-37-41-45-49-55(60)61-50-46-42-38-34-30-26-23-21-19-18-20-22-24-28-32-36-40-44-48-54(59)56-52(51-57)53(58)47-43-39-35-31-27-16-14-12-10-8-6-4-2/h9,11,15,17,52-53,57-58H,3-8,10,12-14,16,18-51H2,1-2H3,(H,56,59)/b11-9-,17-15-. The monoisotopic (exact) mass is 860 g/mol. The lowest BCUT2D eigenvalue weighted by atomic mass is 10.0. The van der Waals surface area contributed by atoms with Crippen LogP contribution < -0.4 is 5.32 Å². The highest BCUT2D eigenvalue weighted by Gasteiger charge is 2.20. The van der Waals surface area contributed by atoms with Gasteiger partial charge in [-0.25, -0.2) is 0 Å². The Labute approximate surface area is 380 Å². The largest absolute Gasteiger partial charge is 0.466 e. The molecule has 0 aromatic carbocycles. The topological polar surface area (TPSA) is 95.9 Å². The van der Waals surface area contributed by atoms with E-state index >= 15 is 0 Å². The third-order valence-corrected chi connectivity index (χ3v) is 12.5. The summed E-state index contributed by atoms with van der Waals surface area (Å²) in [4.78, 5) is 24.5. The van der Waals surface area contributed by atoms with Crippen LogP contribution in [-0.2, 0) is 14.3 Å². The summed E-state index contributed by atoms with van der Waals surface area (Å²) >= 11 is 0. The van der Waals surface area contributed by atoms with Gasteiger partial charge in [-0.1, -0.05) is 250 Å². The van der Waals surface area contributed by atoms with Crippen LogP contribution >= 0.6 is 0 Å². The van der Waals surface area contributed by atoms with Crippen molar-refractivity contribution in [3.63, 3.8) is 0 Å². The lowest BCUT2D eigenvalue weighted by molar-refractivity contribution is -0.143. The molecular weight excluding hydrogens is 755 g/mol. The first kappa shape index (κ1) is 59.3. The highest BCUT2D eigenvalue weighted by Crippen LogP contribution is 2.17. The summed E-state index contributed by atoms with van der Waals surface area (Å²) in [6, 6.07) is -0.543. The van der Waals surface area contributed by atoms with Crippen LogP contribution in [0.4, 0.5) is 0 Å². The molecule has 360 valence electrons. The molecule has 61 heavy (non-hydrogen) atoms. The van der Waals surface area contributed by atoms with E-state index in [4.69, 9.17) is 4.74 Å². The van der Waals surface area contributed by atoms with Crippen molar-refractivity contribution in [3.05, 3.63) is 24.3 Å². The molecule has 0 aromatic rings. The highest BCUT2D eigenvalue weighted by molar-refractivity contribution is 5.76. The van der Waals surface area contributed by atoms with Gasteiger partial charge in [-0.3, -0.25) is 9.59 Å². The molecule has 0 spiro atoms. The fourth-order valence-electron chi connectivity index (χ4n) is 8.30. The zero-order valence-electron chi connectivity index (χ0n) is 40.9. The summed E-state index contributed by atoms with van der Waals surface area (Å²) in [5, 5.41) is 23.2. The Hall–Kier alpha value is -1.66. The van der Waals surface area contributed by atoms with E-state index in [-0.39, 0.29) is 18.5 Å². The zero-order valence-corrected chi connectivity index (χ0v) is 40.9. The molecule has 0 heterocycles. The number of unbranched alkanes of at least 4 members (excludes halogenated alkanes) is 35. The molecule has 2 atom stereocenters. The predicted octanol–water partition coefficient (Wildman–Crippen LogP) is 16.3. The van der Waals surface area contributed by atoms with Crippen molar-refractivity contribution >= 4 is 11.9 Å². The summed E-state index contributed by atoms with van der Waals surface area (Å²) < 4.78 is 5.46. The molecule has 2 unspecified atom stereocenters. The Balaban J connectivity index is 3.40. The van der Waals surface area contributed by atoms with Crippen LogP contribution in [0.3, 0.4) is 0 Å². The summed E-state index contributed by atoms with van der Waals surface area (Å²) in [5.41, 5.74) is 0. The maximum Gasteiger partial charge on any atom is 0.305 e. The maximum atomic E-state index is 12.4. The van der Waals surface area contributed by atoms with Gasteiger partial charge in [0, 0.05) is 12.8 Å². The normalized spacial score (nSPS) is 12.8. The molecule has 0 bridgehead atoms. The van der Waals surface area contributed by atoms with Gasteiger partial charge in [0.2, 0.25) is 5.91 Å². The summed E-state index contributed by atoms with van der Waals surface area (Å²) in [6.07, 6.45) is 60.1. The van der Waals surface area contributed by atoms with Gasteiger partial charge in [-0.2, -0.15) is 0 Å². The van der Waals surface area contributed by atoms with Crippen molar-refractivity contribution in [3.8, 4) is 0 Å². The summed E-state index contributed by atoms with van der Waals surface area (Å²) in [6.45, 7) is 4.90. The number of esters is 1. The first-order valence-electron chi connectivity index (χ1n) is 27.1. The van der Waals surface area contributed by atoms with E-state index in [2.05, 4.69) is 43.5 Å². The minimum atomic E-state index is -0.666. The van der Waals surface area contributed by atoms with Crippen molar-refractivity contribution in [2.75, 3.05) is 13.2 Å². The van der Waals surface area contributed by atoms with E-state index in [1.54, 1.807) is 0 Å². The fraction of sp³-hybridized carbons (Fsp3) is 0.891. The number of nitrogens with one attached hydrogen (secondary N) is 1. The van der Waals surface area contributed by atoms with Gasteiger partial charge >= 0.3 is 5.97 Å².